The molecule has 2 N–H and O–H groups in total. The predicted molar refractivity (Wildman–Crippen MR) is 69.4 cm³/mol. The van der Waals surface area contributed by atoms with Gasteiger partial charge in [0, 0.05) is 0 Å². The molecule has 0 aromatic heterocycles. The van der Waals surface area contributed by atoms with Crippen LogP contribution in [0.15, 0.2) is 48.5 Å². The predicted octanol–water partition coefficient (Wildman–Crippen LogP) is 2.73. The van der Waals surface area contributed by atoms with Gasteiger partial charge in [-0.05, 0) is 41.8 Å². The van der Waals surface area contributed by atoms with Crippen molar-refractivity contribution in [2.24, 2.45) is 5.73 Å². The molecule has 0 heterocycles. The second kappa shape index (κ2) is 5.29. The fourth-order valence-corrected chi connectivity index (χ4v) is 1.84. The molecule has 0 spiro atoms. The topological polar surface area (TPSA) is 49.8 Å². The van der Waals surface area contributed by atoms with Gasteiger partial charge in [0.25, 0.3) is 0 Å². The Bertz CT molecular complexity index is 553. The van der Waals surface area contributed by atoms with E-state index in [0.29, 0.717) is 12.1 Å². The molecule has 0 aliphatic heterocycles. The van der Waals surface area contributed by atoms with Crippen molar-refractivity contribution in [2.45, 2.75) is 6.42 Å². The maximum Gasteiger partial charge on any atom is 0.0991 e. The van der Waals surface area contributed by atoms with E-state index < -0.39 is 0 Å². The molecule has 0 atom stereocenters. The monoisotopic (exact) mass is 222 g/mol. The first kappa shape index (κ1) is 11.4. The van der Waals surface area contributed by atoms with Gasteiger partial charge in [-0.15, -0.1) is 0 Å². The van der Waals surface area contributed by atoms with E-state index in [1.54, 1.807) is 0 Å². The Morgan fingerprint density at radius 3 is 2.41 bits per heavy atom. The summed E-state index contributed by atoms with van der Waals surface area (Å²) in [5.74, 6) is 0. The third kappa shape index (κ3) is 2.72. The highest BCUT2D eigenvalue weighted by Gasteiger charge is 2.00. The normalized spacial score (nSPS) is 9.88. The van der Waals surface area contributed by atoms with Crippen LogP contribution in [0.3, 0.4) is 0 Å². The molecule has 2 rings (SSSR count). The molecule has 84 valence electrons. The minimum atomic E-state index is 0.654. The number of rotatable bonds is 3. The van der Waals surface area contributed by atoms with Crippen LogP contribution >= 0.6 is 0 Å². The van der Waals surface area contributed by atoms with Crippen LogP contribution in [0.25, 0.3) is 11.1 Å². The molecule has 2 heteroatoms. The van der Waals surface area contributed by atoms with Gasteiger partial charge >= 0.3 is 0 Å². The van der Waals surface area contributed by atoms with Crippen LogP contribution in [0, 0.1) is 11.3 Å². The molecule has 17 heavy (non-hydrogen) atoms. The molecule has 2 aromatic carbocycles. The summed E-state index contributed by atoms with van der Waals surface area (Å²) in [6.45, 7) is 0.654. The highest BCUT2D eigenvalue weighted by molar-refractivity contribution is 5.65. The number of benzene rings is 2. The van der Waals surface area contributed by atoms with Gasteiger partial charge in [0.2, 0.25) is 0 Å². The van der Waals surface area contributed by atoms with Gasteiger partial charge in [0.05, 0.1) is 11.6 Å². The molecule has 2 aromatic rings. The first-order valence-corrected chi connectivity index (χ1v) is 5.63. The van der Waals surface area contributed by atoms with Gasteiger partial charge in [-0.1, -0.05) is 36.4 Å². The summed E-state index contributed by atoms with van der Waals surface area (Å²) < 4.78 is 0. The fraction of sp³-hybridized carbons (Fsp3) is 0.133. The van der Waals surface area contributed by atoms with Crippen molar-refractivity contribution in [1.82, 2.24) is 0 Å². The van der Waals surface area contributed by atoms with Crippen LogP contribution in [0.4, 0.5) is 0 Å². The minimum Gasteiger partial charge on any atom is -0.330 e. The zero-order valence-corrected chi connectivity index (χ0v) is 9.56. The molecule has 0 saturated heterocycles. The summed E-state index contributed by atoms with van der Waals surface area (Å²) >= 11 is 0. The van der Waals surface area contributed by atoms with Crippen LogP contribution in [-0.2, 0) is 6.42 Å². The average molecular weight is 222 g/mol. The third-order valence-corrected chi connectivity index (χ3v) is 2.68. The van der Waals surface area contributed by atoms with Gasteiger partial charge in [-0.25, -0.2) is 0 Å². The molecular weight excluding hydrogens is 208 g/mol. The highest BCUT2D eigenvalue weighted by atomic mass is 14.5. The van der Waals surface area contributed by atoms with Crippen molar-refractivity contribution in [3.8, 4) is 17.2 Å². The van der Waals surface area contributed by atoms with Gasteiger partial charge in [-0.3, -0.25) is 0 Å². The van der Waals surface area contributed by atoms with E-state index in [0.717, 1.165) is 17.5 Å². The van der Waals surface area contributed by atoms with Gasteiger partial charge < -0.3 is 5.73 Å². The summed E-state index contributed by atoms with van der Waals surface area (Å²) in [6.07, 6.45) is 0.881. The van der Waals surface area contributed by atoms with Gasteiger partial charge in [-0.2, -0.15) is 5.26 Å². The number of hydrogen-bond acceptors (Lipinski definition) is 2. The van der Waals surface area contributed by atoms with Crippen LogP contribution in [0.1, 0.15) is 11.1 Å². The summed E-state index contributed by atoms with van der Waals surface area (Å²) in [5, 5.41) is 8.88. The Labute approximate surface area is 101 Å². The largest absolute Gasteiger partial charge is 0.330 e. The maximum absolute atomic E-state index is 8.88. The summed E-state index contributed by atoms with van der Waals surface area (Å²) in [4.78, 5) is 0. The van der Waals surface area contributed by atoms with Crippen molar-refractivity contribution in [3.05, 3.63) is 59.7 Å². The van der Waals surface area contributed by atoms with Crippen LogP contribution in [0.2, 0.25) is 0 Å². The third-order valence-electron chi connectivity index (χ3n) is 2.68. The Balaban J connectivity index is 2.39. The van der Waals surface area contributed by atoms with E-state index in [-0.39, 0.29) is 0 Å². The summed E-state index contributed by atoms with van der Waals surface area (Å²) in [6, 6.07) is 18.1. The van der Waals surface area contributed by atoms with E-state index in [9.17, 15) is 0 Å². The van der Waals surface area contributed by atoms with Crippen molar-refractivity contribution in [1.29, 1.82) is 5.26 Å². The van der Waals surface area contributed by atoms with Crippen molar-refractivity contribution >= 4 is 0 Å². The lowest BCUT2D eigenvalue weighted by atomic mass is 10.0. The van der Waals surface area contributed by atoms with Crippen molar-refractivity contribution in [2.75, 3.05) is 6.54 Å². The number of nitrogens with zero attached hydrogens (tertiary/aromatic N) is 1. The average Bonchev–Trinajstić information content (AvgIpc) is 2.40. The lowest BCUT2D eigenvalue weighted by molar-refractivity contribution is 0.969. The second-order valence-electron chi connectivity index (χ2n) is 3.93. The molecule has 0 fully saturated rings. The zero-order chi connectivity index (χ0) is 12.1. The Hall–Kier alpha value is -2.11. The second-order valence-corrected chi connectivity index (χ2v) is 3.93. The number of hydrogen-bond donors (Lipinski definition) is 1. The lowest BCUT2D eigenvalue weighted by Gasteiger charge is -2.05. The minimum absolute atomic E-state index is 0.654. The molecule has 0 bridgehead atoms. The SMILES string of the molecule is N#Cc1cccc(-c2cccc(CCN)c2)c1. The van der Waals surface area contributed by atoms with E-state index >= 15 is 0 Å². The first-order valence-electron chi connectivity index (χ1n) is 5.63. The Kier molecular flexibility index (Phi) is 3.54. The first-order chi connectivity index (χ1) is 8.33. The Morgan fingerprint density at radius 2 is 1.71 bits per heavy atom. The molecule has 0 aliphatic rings. The zero-order valence-electron chi connectivity index (χ0n) is 9.56. The van der Waals surface area contributed by atoms with E-state index in [1.165, 1.54) is 5.56 Å². The van der Waals surface area contributed by atoms with Crippen molar-refractivity contribution in [3.63, 3.8) is 0 Å². The molecular formula is C15H14N2. The fourth-order valence-electron chi connectivity index (χ4n) is 1.84. The number of nitrogens with two attached hydrogens (primary N) is 1. The summed E-state index contributed by atoms with van der Waals surface area (Å²) in [7, 11) is 0. The highest BCUT2D eigenvalue weighted by Crippen LogP contribution is 2.21. The molecule has 2 nitrogen and oxygen atoms in total. The standard InChI is InChI=1S/C15H14N2/c16-8-7-12-3-1-5-14(9-12)15-6-2-4-13(10-15)11-17/h1-6,9-10H,7-8,16H2. The lowest BCUT2D eigenvalue weighted by Crippen LogP contribution is -2.02. The smallest absolute Gasteiger partial charge is 0.0991 e. The molecule has 0 amide bonds. The Morgan fingerprint density at radius 1 is 1.00 bits per heavy atom. The van der Waals surface area contributed by atoms with Crippen molar-refractivity contribution < 1.29 is 0 Å². The quantitative estimate of drug-likeness (QED) is 0.868. The van der Waals surface area contributed by atoms with Gasteiger partial charge in [0.1, 0.15) is 0 Å². The van der Waals surface area contributed by atoms with Gasteiger partial charge in [0.15, 0.2) is 0 Å². The van der Waals surface area contributed by atoms with E-state index in [1.807, 2.05) is 30.3 Å². The maximum atomic E-state index is 8.88. The number of nitriles is 1. The van der Waals surface area contributed by atoms with Crippen LogP contribution in [0.5, 0.6) is 0 Å². The van der Waals surface area contributed by atoms with E-state index in [4.69, 9.17) is 11.0 Å². The molecule has 0 saturated carbocycles. The molecule has 0 radical (unpaired) electrons. The summed E-state index contributed by atoms with van der Waals surface area (Å²) in [5.41, 5.74) is 9.67. The molecule has 0 unspecified atom stereocenters. The van der Waals surface area contributed by atoms with Crippen LogP contribution < -0.4 is 5.73 Å². The molecule has 0 aliphatic carbocycles. The van der Waals surface area contributed by atoms with E-state index in [2.05, 4.69) is 24.3 Å². The van der Waals surface area contributed by atoms with Crippen LogP contribution in [-0.4, -0.2) is 6.54 Å².